The molecule has 2 heterocycles. The molecule has 25 heavy (non-hydrogen) atoms. The van der Waals surface area contributed by atoms with Gasteiger partial charge in [0.2, 0.25) is 0 Å². The Morgan fingerprint density at radius 2 is 2.04 bits per heavy atom. The summed E-state index contributed by atoms with van der Waals surface area (Å²) in [5.41, 5.74) is 1.81. The van der Waals surface area contributed by atoms with Gasteiger partial charge in [-0.25, -0.2) is 14.5 Å². The minimum atomic E-state index is -0.526. The maximum atomic E-state index is 11.4. The van der Waals surface area contributed by atoms with Gasteiger partial charge in [0.25, 0.3) is 5.82 Å². The van der Waals surface area contributed by atoms with Crippen molar-refractivity contribution in [2.75, 3.05) is 38.2 Å². The normalized spacial score (nSPS) is 15.4. The molecule has 8 heteroatoms. The summed E-state index contributed by atoms with van der Waals surface area (Å²) in [5, 5.41) is 13.0. The van der Waals surface area contributed by atoms with Crippen molar-refractivity contribution in [2.45, 2.75) is 13.1 Å². The molecule has 0 atom stereocenters. The largest absolute Gasteiger partial charge is 0.463 e. The number of nitrogens with zero attached hydrogens (tertiary/aromatic N) is 6. The number of benzene rings is 1. The lowest BCUT2D eigenvalue weighted by Gasteiger charge is -2.23. The molecule has 8 nitrogen and oxygen atoms in total. The lowest BCUT2D eigenvalue weighted by molar-refractivity contribution is 0.0585. The lowest BCUT2D eigenvalue weighted by atomic mass is 10.2. The van der Waals surface area contributed by atoms with Crippen molar-refractivity contribution in [1.29, 1.82) is 5.26 Å². The van der Waals surface area contributed by atoms with Gasteiger partial charge in [-0.15, -0.1) is 5.10 Å². The molecule has 0 aliphatic carbocycles. The number of aromatic nitrogens is 3. The van der Waals surface area contributed by atoms with Gasteiger partial charge in [-0.1, -0.05) is 0 Å². The Hall–Kier alpha value is -2.92. The highest BCUT2D eigenvalue weighted by Crippen LogP contribution is 2.17. The fourth-order valence-corrected chi connectivity index (χ4v) is 2.87. The van der Waals surface area contributed by atoms with Gasteiger partial charge >= 0.3 is 5.97 Å². The molecular formula is C17H20N6O2. The van der Waals surface area contributed by atoms with Crippen LogP contribution in [0, 0.1) is 11.3 Å². The van der Waals surface area contributed by atoms with Crippen molar-refractivity contribution < 1.29 is 9.53 Å². The van der Waals surface area contributed by atoms with E-state index in [1.807, 2.05) is 24.3 Å². The molecule has 0 spiro atoms. The van der Waals surface area contributed by atoms with Crippen LogP contribution in [0.3, 0.4) is 0 Å². The van der Waals surface area contributed by atoms with Gasteiger partial charge in [-0.3, -0.25) is 4.90 Å². The number of rotatable bonds is 4. The zero-order valence-corrected chi connectivity index (χ0v) is 14.1. The van der Waals surface area contributed by atoms with E-state index < -0.39 is 5.97 Å². The number of ether oxygens (including phenoxy) is 1. The Bertz CT molecular complexity index is 764. The molecule has 1 aromatic heterocycles. The third-order valence-electron chi connectivity index (χ3n) is 4.20. The first-order chi connectivity index (χ1) is 12.2. The maximum Gasteiger partial charge on any atom is 0.377 e. The number of hydrogen-bond donors (Lipinski definition) is 0. The smallest absolute Gasteiger partial charge is 0.377 e. The molecule has 130 valence electrons. The van der Waals surface area contributed by atoms with Gasteiger partial charge in [0, 0.05) is 31.9 Å². The van der Waals surface area contributed by atoms with E-state index in [1.54, 1.807) is 11.0 Å². The Kier molecular flexibility index (Phi) is 5.26. The topological polar surface area (TPSA) is 87.3 Å². The molecule has 1 aromatic carbocycles. The van der Waals surface area contributed by atoms with Crippen molar-refractivity contribution >= 4 is 11.7 Å². The molecule has 1 aliphatic rings. The zero-order chi connectivity index (χ0) is 17.6. The van der Waals surface area contributed by atoms with E-state index in [-0.39, 0.29) is 5.82 Å². The van der Waals surface area contributed by atoms with Crippen molar-refractivity contribution in [3.8, 4) is 6.07 Å². The maximum absolute atomic E-state index is 11.4. The first kappa shape index (κ1) is 16.9. The van der Waals surface area contributed by atoms with Gasteiger partial charge in [-0.05, 0) is 30.7 Å². The predicted molar refractivity (Wildman–Crippen MR) is 90.9 cm³/mol. The second-order valence-electron chi connectivity index (χ2n) is 5.86. The van der Waals surface area contributed by atoms with Gasteiger partial charge in [-0.2, -0.15) is 5.26 Å². The quantitative estimate of drug-likeness (QED) is 0.770. The van der Waals surface area contributed by atoms with E-state index >= 15 is 0 Å². The standard InChI is InChI=1S/C17H20N6O2/c1-25-17(24)16-19-12-23(20-16)13-21-7-2-8-22(10-9-21)15-5-3-14(11-18)4-6-15/h3-6,12H,2,7-10,13H2,1H3. The highest BCUT2D eigenvalue weighted by atomic mass is 16.5. The summed E-state index contributed by atoms with van der Waals surface area (Å²) < 4.78 is 6.28. The SMILES string of the molecule is COC(=O)c1ncn(CN2CCCN(c3ccc(C#N)cc3)CC2)n1. The predicted octanol–water partition coefficient (Wildman–Crippen LogP) is 1.11. The van der Waals surface area contributed by atoms with E-state index in [1.165, 1.54) is 7.11 Å². The number of anilines is 1. The summed E-state index contributed by atoms with van der Waals surface area (Å²) in [6.07, 6.45) is 2.58. The van der Waals surface area contributed by atoms with Crippen LogP contribution in [0.15, 0.2) is 30.6 Å². The van der Waals surface area contributed by atoms with Crippen molar-refractivity contribution in [2.24, 2.45) is 0 Å². The second-order valence-corrected chi connectivity index (χ2v) is 5.86. The average Bonchev–Trinajstić information content (AvgIpc) is 2.99. The van der Waals surface area contributed by atoms with E-state index in [0.717, 1.165) is 38.3 Å². The van der Waals surface area contributed by atoms with Crippen LogP contribution in [0.4, 0.5) is 5.69 Å². The Morgan fingerprint density at radius 3 is 2.76 bits per heavy atom. The highest BCUT2D eigenvalue weighted by molar-refractivity contribution is 5.84. The molecule has 1 aliphatic heterocycles. The van der Waals surface area contributed by atoms with Crippen LogP contribution in [-0.2, 0) is 11.4 Å². The van der Waals surface area contributed by atoms with Gasteiger partial charge in [0.1, 0.15) is 6.33 Å². The molecule has 0 saturated carbocycles. The number of esters is 1. The Labute approximate surface area is 146 Å². The molecule has 0 radical (unpaired) electrons. The number of methoxy groups -OCH3 is 1. The van der Waals surface area contributed by atoms with Crippen LogP contribution in [0.5, 0.6) is 0 Å². The average molecular weight is 340 g/mol. The minimum Gasteiger partial charge on any atom is -0.463 e. The molecule has 0 bridgehead atoms. The highest BCUT2D eigenvalue weighted by Gasteiger charge is 2.17. The van der Waals surface area contributed by atoms with E-state index in [0.29, 0.717) is 12.2 Å². The fraction of sp³-hybridized carbons (Fsp3) is 0.412. The Balaban J connectivity index is 1.58. The summed E-state index contributed by atoms with van der Waals surface area (Å²) in [6.45, 7) is 4.27. The van der Waals surface area contributed by atoms with Gasteiger partial charge < -0.3 is 9.64 Å². The van der Waals surface area contributed by atoms with Gasteiger partial charge in [0.05, 0.1) is 25.4 Å². The van der Waals surface area contributed by atoms with Crippen molar-refractivity contribution in [3.05, 3.63) is 42.0 Å². The van der Waals surface area contributed by atoms with E-state index in [2.05, 4.69) is 30.7 Å². The molecule has 1 fully saturated rings. The molecule has 0 unspecified atom stereocenters. The Morgan fingerprint density at radius 1 is 1.24 bits per heavy atom. The zero-order valence-electron chi connectivity index (χ0n) is 14.1. The third kappa shape index (κ3) is 4.14. The molecular weight excluding hydrogens is 320 g/mol. The third-order valence-corrected chi connectivity index (χ3v) is 4.20. The van der Waals surface area contributed by atoms with E-state index in [9.17, 15) is 4.79 Å². The summed E-state index contributed by atoms with van der Waals surface area (Å²) in [6, 6.07) is 9.83. The van der Waals surface area contributed by atoms with Crippen molar-refractivity contribution in [1.82, 2.24) is 19.7 Å². The fourth-order valence-electron chi connectivity index (χ4n) is 2.87. The monoisotopic (exact) mass is 340 g/mol. The van der Waals surface area contributed by atoms with Crippen LogP contribution >= 0.6 is 0 Å². The molecule has 3 rings (SSSR count). The van der Waals surface area contributed by atoms with Crippen LogP contribution in [0.1, 0.15) is 22.6 Å². The van der Waals surface area contributed by atoms with Crippen LogP contribution in [0.25, 0.3) is 0 Å². The van der Waals surface area contributed by atoms with E-state index in [4.69, 9.17) is 5.26 Å². The molecule has 0 amide bonds. The lowest BCUT2D eigenvalue weighted by Crippen LogP contribution is -2.32. The molecule has 2 aromatic rings. The first-order valence-corrected chi connectivity index (χ1v) is 8.15. The summed E-state index contributed by atoms with van der Waals surface area (Å²) in [7, 11) is 1.32. The van der Waals surface area contributed by atoms with Gasteiger partial charge in [0.15, 0.2) is 0 Å². The van der Waals surface area contributed by atoms with Crippen LogP contribution < -0.4 is 4.90 Å². The number of nitriles is 1. The summed E-state index contributed by atoms with van der Waals surface area (Å²) in [4.78, 5) is 20.0. The van der Waals surface area contributed by atoms with Crippen molar-refractivity contribution in [3.63, 3.8) is 0 Å². The summed E-state index contributed by atoms with van der Waals surface area (Å²) in [5.74, 6) is -0.446. The summed E-state index contributed by atoms with van der Waals surface area (Å²) >= 11 is 0. The molecule has 0 N–H and O–H groups in total. The first-order valence-electron chi connectivity index (χ1n) is 8.15. The second kappa shape index (κ2) is 7.77. The number of hydrogen-bond acceptors (Lipinski definition) is 7. The van der Waals surface area contributed by atoms with Crippen LogP contribution in [-0.4, -0.2) is 58.9 Å². The minimum absolute atomic E-state index is 0.0801. The molecule has 1 saturated heterocycles. The van der Waals surface area contributed by atoms with Crippen LogP contribution in [0.2, 0.25) is 0 Å². The number of carbonyl (C=O) groups excluding carboxylic acids is 1. The number of carbonyl (C=O) groups is 1.